The number of rotatable bonds is 6. The van der Waals surface area contributed by atoms with Crippen LogP contribution in [0.2, 0.25) is 0 Å². The zero-order valence-electron chi connectivity index (χ0n) is 11.3. The van der Waals surface area contributed by atoms with E-state index in [9.17, 15) is 14.5 Å². The van der Waals surface area contributed by atoms with Crippen molar-refractivity contribution in [2.45, 2.75) is 0 Å². The van der Waals surface area contributed by atoms with E-state index in [0.29, 0.717) is 5.82 Å². The number of aliphatic hydroxyl groups excluding tert-OH is 1. The van der Waals surface area contributed by atoms with Crippen LogP contribution in [0, 0.1) is 5.92 Å². The highest BCUT2D eigenvalue weighted by atomic mass is 31.2. The molecule has 0 spiro atoms. The number of hydrogen-bond donors (Lipinski definition) is 6. The summed E-state index contributed by atoms with van der Waals surface area (Å²) in [7, 11) is -4.30. The van der Waals surface area contributed by atoms with Crippen LogP contribution in [0.4, 0.5) is 17.5 Å². The third-order valence-electron chi connectivity index (χ3n) is 2.79. The molecule has 0 saturated carbocycles. The molecule has 0 bridgehead atoms. The SMILES string of the molecule is Nc1nc2c(c(=O)[nH]1)NCN2OCC(C=CP(=O)(O)O)CO. The van der Waals surface area contributed by atoms with E-state index in [1.54, 1.807) is 0 Å². The monoisotopic (exact) mass is 333 g/mol. The van der Waals surface area contributed by atoms with Gasteiger partial charge in [0, 0.05) is 11.7 Å². The van der Waals surface area contributed by atoms with Gasteiger partial charge in [-0.05, 0) is 0 Å². The Hall–Kier alpha value is -1.91. The molecule has 1 atom stereocenters. The highest BCUT2D eigenvalue weighted by molar-refractivity contribution is 7.55. The number of nitrogens with two attached hydrogens (primary N) is 1. The first-order valence-electron chi connectivity index (χ1n) is 6.19. The number of nitrogen functional groups attached to an aromatic ring is 1. The van der Waals surface area contributed by atoms with E-state index in [2.05, 4.69) is 15.3 Å². The molecule has 0 amide bonds. The van der Waals surface area contributed by atoms with Crippen molar-refractivity contribution in [1.82, 2.24) is 9.97 Å². The lowest BCUT2D eigenvalue weighted by molar-refractivity contribution is 0.0745. The van der Waals surface area contributed by atoms with E-state index < -0.39 is 19.1 Å². The lowest BCUT2D eigenvalue weighted by Gasteiger charge is -2.19. The second-order valence-corrected chi connectivity index (χ2v) is 6.01. The van der Waals surface area contributed by atoms with Gasteiger partial charge in [0.15, 0.2) is 5.82 Å². The van der Waals surface area contributed by atoms with Gasteiger partial charge < -0.3 is 25.9 Å². The molecule has 1 aromatic heterocycles. The molecule has 0 saturated heterocycles. The van der Waals surface area contributed by atoms with Crippen molar-refractivity contribution in [2.24, 2.45) is 5.92 Å². The third-order valence-corrected chi connectivity index (χ3v) is 3.35. The Morgan fingerprint density at radius 1 is 1.55 bits per heavy atom. The summed E-state index contributed by atoms with van der Waals surface area (Å²) in [5.74, 6) is 0.211. The molecule has 22 heavy (non-hydrogen) atoms. The summed E-state index contributed by atoms with van der Waals surface area (Å²) in [5.41, 5.74) is 5.23. The van der Waals surface area contributed by atoms with Crippen LogP contribution in [0.25, 0.3) is 0 Å². The lowest BCUT2D eigenvalue weighted by Crippen LogP contribution is -2.27. The predicted octanol–water partition coefficient (Wildman–Crippen LogP) is -1.23. The van der Waals surface area contributed by atoms with Crippen molar-refractivity contribution in [1.29, 1.82) is 0 Å². The summed E-state index contributed by atoms with van der Waals surface area (Å²) in [6, 6.07) is 0. The largest absolute Gasteiger partial charge is 0.396 e. The standard InChI is InChI=1S/C10H16N5O6P/c11-10-13-8-7(9(17)14-10)12-5-15(8)21-4-6(3-16)1-2-22(18,19)20/h1-2,6,12,16H,3-5H2,(H2,18,19,20)(H3,11,13,14,17). The van der Waals surface area contributed by atoms with Gasteiger partial charge in [-0.1, -0.05) is 6.08 Å². The quantitative estimate of drug-likeness (QED) is 0.346. The molecular weight excluding hydrogens is 317 g/mol. The van der Waals surface area contributed by atoms with Crippen LogP contribution in [0.15, 0.2) is 16.7 Å². The number of hydrogen-bond acceptors (Lipinski definition) is 8. The predicted molar refractivity (Wildman–Crippen MR) is 78.0 cm³/mol. The Kier molecular flexibility index (Phi) is 4.84. The molecule has 2 rings (SSSR count). The number of fused-ring (bicyclic) bond motifs is 1. The van der Waals surface area contributed by atoms with E-state index in [1.807, 2.05) is 0 Å². The topological polar surface area (TPSA) is 174 Å². The van der Waals surface area contributed by atoms with Crippen LogP contribution in [-0.2, 0) is 9.40 Å². The minimum Gasteiger partial charge on any atom is -0.396 e. The number of anilines is 3. The summed E-state index contributed by atoms with van der Waals surface area (Å²) >= 11 is 0. The summed E-state index contributed by atoms with van der Waals surface area (Å²) in [6.07, 6.45) is 1.17. The van der Waals surface area contributed by atoms with Crippen molar-refractivity contribution in [3.63, 3.8) is 0 Å². The molecule has 0 fully saturated rings. The summed E-state index contributed by atoms with van der Waals surface area (Å²) < 4.78 is 10.8. The Bertz CT molecular complexity index is 670. The van der Waals surface area contributed by atoms with Gasteiger partial charge >= 0.3 is 7.60 Å². The highest BCUT2D eigenvalue weighted by Gasteiger charge is 2.25. The molecule has 1 aliphatic heterocycles. The van der Waals surface area contributed by atoms with Gasteiger partial charge in [0.1, 0.15) is 12.4 Å². The minimum absolute atomic E-state index is 0.0670. The van der Waals surface area contributed by atoms with Crippen LogP contribution >= 0.6 is 7.60 Å². The molecule has 1 aliphatic rings. The fourth-order valence-corrected chi connectivity index (χ4v) is 2.21. The van der Waals surface area contributed by atoms with Crippen molar-refractivity contribution in [3.05, 3.63) is 22.2 Å². The number of nitrogens with zero attached hydrogens (tertiary/aromatic N) is 2. The maximum absolute atomic E-state index is 11.6. The number of hydroxylamine groups is 1. The van der Waals surface area contributed by atoms with Crippen LogP contribution < -0.4 is 21.7 Å². The smallest absolute Gasteiger partial charge is 0.348 e. The minimum atomic E-state index is -4.30. The zero-order chi connectivity index (χ0) is 16.3. The van der Waals surface area contributed by atoms with Gasteiger partial charge in [-0.3, -0.25) is 19.2 Å². The Labute approximate surface area is 124 Å². The Balaban J connectivity index is 2.04. The van der Waals surface area contributed by atoms with E-state index in [1.165, 1.54) is 11.1 Å². The molecule has 7 N–H and O–H groups in total. The normalized spacial score (nSPS) is 15.9. The van der Waals surface area contributed by atoms with E-state index in [0.717, 1.165) is 0 Å². The maximum Gasteiger partial charge on any atom is 0.348 e. The number of aromatic amines is 1. The van der Waals surface area contributed by atoms with Gasteiger partial charge in [0.25, 0.3) is 5.56 Å². The van der Waals surface area contributed by atoms with E-state index in [4.69, 9.17) is 20.4 Å². The molecule has 0 radical (unpaired) electrons. The van der Waals surface area contributed by atoms with E-state index in [-0.39, 0.29) is 37.3 Å². The number of H-pyrrole nitrogens is 1. The molecule has 122 valence electrons. The first-order valence-corrected chi connectivity index (χ1v) is 7.88. The maximum atomic E-state index is 11.6. The van der Waals surface area contributed by atoms with Crippen LogP contribution in [0.3, 0.4) is 0 Å². The van der Waals surface area contributed by atoms with Gasteiger partial charge in [0.2, 0.25) is 5.95 Å². The first kappa shape index (κ1) is 16.5. The van der Waals surface area contributed by atoms with Gasteiger partial charge in [0.05, 0.1) is 13.2 Å². The Morgan fingerprint density at radius 2 is 2.27 bits per heavy atom. The highest BCUT2D eigenvalue weighted by Crippen LogP contribution is 2.36. The number of nitrogens with one attached hydrogen (secondary N) is 2. The summed E-state index contributed by atoms with van der Waals surface area (Å²) in [6.45, 7) is -0.284. The second-order valence-electron chi connectivity index (χ2n) is 4.53. The number of aliphatic hydroxyl groups is 1. The zero-order valence-corrected chi connectivity index (χ0v) is 12.2. The van der Waals surface area contributed by atoms with E-state index >= 15 is 0 Å². The summed E-state index contributed by atoms with van der Waals surface area (Å²) in [5, 5.41) is 13.2. The Morgan fingerprint density at radius 3 is 2.91 bits per heavy atom. The van der Waals surface area contributed by atoms with Gasteiger partial charge in [-0.25, -0.2) is 5.06 Å². The van der Waals surface area contributed by atoms with Crippen LogP contribution in [0.5, 0.6) is 0 Å². The van der Waals surface area contributed by atoms with Crippen molar-refractivity contribution >= 4 is 25.0 Å². The van der Waals surface area contributed by atoms with Gasteiger partial charge in [-0.15, -0.1) is 0 Å². The molecule has 1 unspecified atom stereocenters. The van der Waals surface area contributed by atoms with Crippen molar-refractivity contribution in [2.75, 3.05) is 36.0 Å². The average Bonchev–Trinajstić information content (AvgIpc) is 2.81. The fourth-order valence-electron chi connectivity index (χ4n) is 1.74. The number of aromatic nitrogens is 2. The first-order chi connectivity index (χ1) is 10.3. The second kappa shape index (κ2) is 6.46. The van der Waals surface area contributed by atoms with Crippen molar-refractivity contribution < 1.29 is 24.3 Å². The van der Waals surface area contributed by atoms with Crippen LogP contribution in [-0.4, -0.2) is 44.7 Å². The lowest BCUT2D eigenvalue weighted by atomic mass is 10.2. The van der Waals surface area contributed by atoms with Crippen LogP contribution in [0.1, 0.15) is 0 Å². The van der Waals surface area contributed by atoms with Gasteiger partial charge in [-0.2, -0.15) is 4.98 Å². The molecule has 2 heterocycles. The molecule has 0 aromatic carbocycles. The molecule has 12 heteroatoms. The average molecular weight is 333 g/mol. The van der Waals surface area contributed by atoms with Crippen molar-refractivity contribution in [3.8, 4) is 0 Å². The fraction of sp³-hybridized carbons (Fsp3) is 0.400. The molecule has 1 aromatic rings. The third kappa shape index (κ3) is 4.06. The molecule has 0 aliphatic carbocycles. The molecular formula is C10H16N5O6P. The summed E-state index contributed by atoms with van der Waals surface area (Å²) in [4.78, 5) is 40.8. The molecule has 11 nitrogen and oxygen atoms in total.